The maximum atomic E-state index is 12.2. The van der Waals surface area contributed by atoms with Crippen molar-refractivity contribution in [1.82, 2.24) is 9.88 Å². The number of carbonyl (C=O) groups is 2. The molecule has 2 amide bonds. The minimum atomic E-state index is -0.477. The number of pyridine rings is 1. The topological polar surface area (TPSA) is 71.5 Å². The zero-order valence-electron chi connectivity index (χ0n) is 15.0. The van der Waals surface area contributed by atoms with Crippen LogP contribution in [0.1, 0.15) is 40.0 Å². The number of nitrogens with zero attached hydrogens (tertiary/aromatic N) is 2. The van der Waals surface area contributed by atoms with Gasteiger partial charge in [-0.25, -0.2) is 4.79 Å². The summed E-state index contributed by atoms with van der Waals surface area (Å²) >= 11 is 0. The largest absolute Gasteiger partial charge is 0.444 e. The lowest BCUT2D eigenvalue weighted by Crippen LogP contribution is -2.42. The van der Waals surface area contributed by atoms with E-state index in [9.17, 15) is 9.59 Å². The fourth-order valence-corrected chi connectivity index (χ4v) is 2.74. The number of rotatable bonds is 3. The molecule has 130 valence electrons. The summed E-state index contributed by atoms with van der Waals surface area (Å²) in [6.07, 6.45) is 5.24. The Morgan fingerprint density at radius 2 is 2.00 bits per heavy atom. The van der Waals surface area contributed by atoms with Crippen molar-refractivity contribution >= 4 is 31.0 Å². The Balaban J connectivity index is 1.76. The van der Waals surface area contributed by atoms with Crippen molar-refractivity contribution in [3.05, 3.63) is 18.5 Å². The Kier molecular flexibility index (Phi) is 5.86. The Morgan fingerprint density at radius 1 is 1.33 bits per heavy atom. The van der Waals surface area contributed by atoms with Gasteiger partial charge in [0.1, 0.15) is 13.4 Å². The first kappa shape index (κ1) is 18.3. The molecule has 1 aliphatic heterocycles. The second-order valence-electron chi connectivity index (χ2n) is 7.41. The molecule has 2 rings (SSSR count). The van der Waals surface area contributed by atoms with Gasteiger partial charge in [-0.3, -0.25) is 9.78 Å². The zero-order chi connectivity index (χ0) is 17.7. The SMILES string of the molecule is Bc1cncc(NC(=O)CC2CCN(C(=O)OC(C)(C)C)CC2)c1. The lowest BCUT2D eigenvalue weighted by Gasteiger charge is -2.33. The molecule has 7 heteroatoms. The maximum absolute atomic E-state index is 12.2. The van der Waals surface area contributed by atoms with Crippen LogP contribution in [-0.4, -0.2) is 48.4 Å². The van der Waals surface area contributed by atoms with Gasteiger partial charge in [0, 0.05) is 25.7 Å². The van der Waals surface area contributed by atoms with E-state index in [2.05, 4.69) is 10.3 Å². The van der Waals surface area contributed by atoms with Crippen LogP contribution in [-0.2, 0) is 9.53 Å². The van der Waals surface area contributed by atoms with E-state index in [-0.39, 0.29) is 12.0 Å². The molecule has 0 aromatic carbocycles. The molecular formula is C17H26BN3O3. The lowest BCUT2D eigenvalue weighted by atomic mass is 9.93. The molecular weight excluding hydrogens is 305 g/mol. The number of hydrogen-bond donors (Lipinski definition) is 1. The monoisotopic (exact) mass is 331 g/mol. The number of carbonyl (C=O) groups excluding carboxylic acids is 2. The molecule has 1 fully saturated rings. The summed E-state index contributed by atoms with van der Waals surface area (Å²) in [5.41, 5.74) is 1.26. The van der Waals surface area contributed by atoms with Gasteiger partial charge >= 0.3 is 6.09 Å². The summed E-state index contributed by atoms with van der Waals surface area (Å²) in [4.78, 5) is 30.0. The van der Waals surface area contributed by atoms with Crippen LogP contribution in [0.15, 0.2) is 18.5 Å². The molecule has 0 unspecified atom stereocenters. The molecule has 0 bridgehead atoms. The highest BCUT2D eigenvalue weighted by Gasteiger charge is 2.27. The predicted octanol–water partition coefficient (Wildman–Crippen LogP) is 1.32. The molecule has 0 radical (unpaired) electrons. The zero-order valence-corrected chi connectivity index (χ0v) is 15.0. The van der Waals surface area contributed by atoms with E-state index in [1.165, 1.54) is 0 Å². The van der Waals surface area contributed by atoms with E-state index >= 15 is 0 Å². The minimum Gasteiger partial charge on any atom is -0.444 e. The fourth-order valence-electron chi connectivity index (χ4n) is 2.74. The third-order valence-electron chi connectivity index (χ3n) is 3.90. The Hall–Kier alpha value is -2.05. The molecule has 1 aromatic heterocycles. The smallest absolute Gasteiger partial charge is 0.410 e. The standard InChI is InChI=1S/C17H26BN3O3/c1-17(2,3)24-16(23)21-6-4-12(5-7-21)8-15(22)20-14-9-13(18)10-19-11-14/h9-12H,4-8,18H2,1-3H3,(H,20,22). The average Bonchev–Trinajstić information content (AvgIpc) is 2.46. The van der Waals surface area contributed by atoms with E-state index in [4.69, 9.17) is 4.74 Å². The lowest BCUT2D eigenvalue weighted by molar-refractivity contribution is -0.117. The van der Waals surface area contributed by atoms with E-state index in [0.717, 1.165) is 24.0 Å². The Morgan fingerprint density at radius 3 is 2.58 bits per heavy atom. The quantitative estimate of drug-likeness (QED) is 0.848. The Bertz CT molecular complexity index is 593. The number of aromatic nitrogens is 1. The van der Waals surface area contributed by atoms with Crippen molar-refractivity contribution in [2.24, 2.45) is 5.92 Å². The van der Waals surface area contributed by atoms with E-state index in [0.29, 0.717) is 25.4 Å². The van der Waals surface area contributed by atoms with Crippen molar-refractivity contribution in [3.63, 3.8) is 0 Å². The van der Waals surface area contributed by atoms with Crippen LogP contribution in [0.4, 0.5) is 10.5 Å². The molecule has 0 atom stereocenters. The van der Waals surface area contributed by atoms with Gasteiger partial charge in [-0.15, -0.1) is 0 Å². The van der Waals surface area contributed by atoms with Gasteiger partial charge in [0.15, 0.2) is 0 Å². The van der Waals surface area contributed by atoms with Gasteiger partial charge in [-0.2, -0.15) is 0 Å². The van der Waals surface area contributed by atoms with Gasteiger partial charge in [0.25, 0.3) is 0 Å². The van der Waals surface area contributed by atoms with Crippen LogP contribution < -0.4 is 10.8 Å². The second-order valence-corrected chi connectivity index (χ2v) is 7.41. The first-order valence-electron chi connectivity index (χ1n) is 8.42. The molecule has 1 aliphatic rings. The van der Waals surface area contributed by atoms with Gasteiger partial charge in [0.05, 0.1) is 11.9 Å². The van der Waals surface area contributed by atoms with Crippen LogP contribution in [0, 0.1) is 5.92 Å². The number of nitrogens with one attached hydrogen (secondary N) is 1. The fraction of sp³-hybridized carbons (Fsp3) is 0.588. The van der Waals surface area contributed by atoms with Crippen LogP contribution in [0.3, 0.4) is 0 Å². The minimum absolute atomic E-state index is 0.00174. The third-order valence-corrected chi connectivity index (χ3v) is 3.90. The molecule has 6 nitrogen and oxygen atoms in total. The summed E-state index contributed by atoms with van der Waals surface area (Å²) in [5.74, 6) is 0.291. The molecule has 1 aromatic rings. The summed E-state index contributed by atoms with van der Waals surface area (Å²) in [6.45, 7) is 6.87. The molecule has 2 heterocycles. The third kappa shape index (κ3) is 5.87. The van der Waals surface area contributed by atoms with E-state index in [1.54, 1.807) is 17.3 Å². The molecule has 24 heavy (non-hydrogen) atoms. The highest BCUT2D eigenvalue weighted by Crippen LogP contribution is 2.22. The number of hydrogen-bond acceptors (Lipinski definition) is 4. The van der Waals surface area contributed by atoms with Gasteiger partial charge in [0.2, 0.25) is 5.91 Å². The van der Waals surface area contributed by atoms with E-state index in [1.807, 2.05) is 34.7 Å². The van der Waals surface area contributed by atoms with E-state index < -0.39 is 5.60 Å². The molecule has 1 N–H and O–H groups in total. The van der Waals surface area contributed by atoms with Crippen molar-refractivity contribution in [3.8, 4) is 0 Å². The summed E-state index contributed by atoms with van der Waals surface area (Å²) in [7, 11) is 1.94. The molecule has 0 aliphatic carbocycles. The van der Waals surface area contributed by atoms with Crippen LogP contribution in [0.5, 0.6) is 0 Å². The second kappa shape index (κ2) is 7.68. The van der Waals surface area contributed by atoms with Crippen molar-refractivity contribution in [2.45, 2.75) is 45.6 Å². The molecule has 1 saturated heterocycles. The first-order chi connectivity index (χ1) is 11.2. The van der Waals surface area contributed by atoms with Crippen molar-refractivity contribution < 1.29 is 14.3 Å². The highest BCUT2D eigenvalue weighted by molar-refractivity contribution is 6.32. The summed E-state index contributed by atoms with van der Waals surface area (Å²) in [6, 6.07) is 1.90. The highest BCUT2D eigenvalue weighted by atomic mass is 16.6. The van der Waals surface area contributed by atoms with Crippen molar-refractivity contribution in [1.29, 1.82) is 0 Å². The van der Waals surface area contributed by atoms with Gasteiger partial charge in [-0.05, 0) is 45.6 Å². The van der Waals surface area contributed by atoms with Crippen LogP contribution in [0.2, 0.25) is 0 Å². The average molecular weight is 331 g/mol. The number of ether oxygens (including phenoxy) is 1. The van der Waals surface area contributed by atoms with Crippen LogP contribution in [0.25, 0.3) is 0 Å². The number of likely N-dealkylation sites (tertiary alicyclic amines) is 1. The van der Waals surface area contributed by atoms with Gasteiger partial charge in [-0.1, -0.05) is 5.46 Å². The maximum Gasteiger partial charge on any atom is 0.410 e. The number of piperidine rings is 1. The van der Waals surface area contributed by atoms with Crippen LogP contribution >= 0.6 is 0 Å². The first-order valence-corrected chi connectivity index (χ1v) is 8.42. The molecule has 0 saturated carbocycles. The summed E-state index contributed by atoms with van der Waals surface area (Å²) < 4.78 is 5.38. The Labute approximate surface area is 144 Å². The molecule has 0 spiro atoms. The normalized spacial score (nSPS) is 15.9. The van der Waals surface area contributed by atoms with Gasteiger partial charge < -0.3 is 15.0 Å². The van der Waals surface area contributed by atoms with Crippen molar-refractivity contribution in [2.75, 3.05) is 18.4 Å². The predicted molar refractivity (Wildman–Crippen MR) is 96.2 cm³/mol. The summed E-state index contributed by atoms with van der Waals surface area (Å²) in [5, 5.41) is 2.89. The number of anilines is 1. The number of amides is 2.